The molecule has 0 heterocycles. The number of aliphatic imine (C=N–C) groups is 1. The van der Waals surface area contributed by atoms with Crippen molar-refractivity contribution in [3.63, 3.8) is 0 Å². The van der Waals surface area contributed by atoms with Crippen LogP contribution >= 0.6 is 23.2 Å². The smallest absolute Gasteiger partial charge is 0.0736 e. The van der Waals surface area contributed by atoms with E-state index in [4.69, 9.17) is 23.2 Å². The van der Waals surface area contributed by atoms with Crippen molar-refractivity contribution in [2.45, 2.75) is 32.7 Å². The fourth-order valence-corrected chi connectivity index (χ4v) is 2.55. The molecule has 0 spiro atoms. The number of halogens is 2. The topological polar surface area (TPSA) is 12.4 Å². The summed E-state index contributed by atoms with van der Waals surface area (Å²) >= 11 is 12.3. The summed E-state index contributed by atoms with van der Waals surface area (Å²) < 4.78 is 0. The van der Waals surface area contributed by atoms with Gasteiger partial charge in [0.25, 0.3) is 0 Å². The minimum absolute atomic E-state index is 0.0269. The summed E-state index contributed by atoms with van der Waals surface area (Å²) in [6.07, 6.45) is 1.88. The van der Waals surface area contributed by atoms with E-state index in [0.717, 1.165) is 11.1 Å². The highest BCUT2D eigenvalue weighted by atomic mass is 35.5. The number of hydrogen-bond donors (Lipinski definition) is 0. The Morgan fingerprint density at radius 2 is 1.62 bits per heavy atom. The van der Waals surface area contributed by atoms with Crippen LogP contribution in [0.15, 0.2) is 47.5 Å². The van der Waals surface area contributed by atoms with Crippen LogP contribution in [0.2, 0.25) is 10.0 Å². The third-order valence-electron chi connectivity index (χ3n) is 3.48. The molecule has 0 aliphatic heterocycles. The standard InChI is InChI=1S/C18H19Cl2N/c1-12(2)15-9-7-14(8-10-15)11-21-13(3)16-5-4-6-17(19)18(16)20/h4-13H,1-3H3/b21-11-. The SMILES string of the molecule is CC(C)c1ccc(/C=N\C(C)c2cccc(Cl)c2Cl)cc1. The molecule has 0 saturated carbocycles. The van der Waals surface area contributed by atoms with E-state index in [0.29, 0.717) is 16.0 Å². The van der Waals surface area contributed by atoms with Crippen LogP contribution in [-0.4, -0.2) is 6.21 Å². The van der Waals surface area contributed by atoms with Gasteiger partial charge >= 0.3 is 0 Å². The van der Waals surface area contributed by atoms with Gasteiger partial charge < -0.3 is 0 Å². The molecule has 2 aromatic carbocycles. The van der Waals surface area contributed by atoms with Crippen molar-refractivity contribution < 1.29 is 0 Å². The first kappa shape index (κ1) is 16.1. The summed E-state index contributed by atoms with van der Waals surface area (Å²) in [6, 6.07) is 14.1. The zero-order valence-electron chi connectivity index (χ0n) is 12.5. The Kier molecular flexibility index (Phi) is 5.44. The van der Waals surface area contributed by atoms with E-state index >= 15 is 0 Å². The van der Waals surface area contributed by atoms with E-state index < -0.39 is 0 Å². The first-order valence-electron chi connectivity index (χ1n) is 7.06. The van der Waals surface area contributed by atoms with Gasteiger partial charge in [0.1, 0.15) is 0 Å². The summed E-state index contributed by atoms with van der Waals surface area (Å²) in [5.41, 5.74) is 3.36. The van der Waals surface area contributed by atoms with Gasteiger partial charge in [-0.25, -0.2) is 0 Å². The molecule has 110 valence electrons. The highest BCUT2D eigenvalue weighted by Gasteiger charge is 2.10. The molecule has 0 bridgehead atoms. The van der Waals surface area contributed by atoms with Gasteiger partial charge in [-0.1, -0.05) is 73.4 Å². The van der Waals surface area contributed by atoms with Crippen LogP contribution in [0.5, 0.6) is 0 Å². The Hall–Kier alpha value is -1.31. The molecular weight excluding hydrogens is 301 g/mol. The van der Waals surface area contributed by atoms with Crippen LogP contribution in [0, 0.1) is 0 Å². The van der Waals surface area contributed by atoms with E-state index in [1.165, 1.54) is 5.56 Å². The molecule has 3 heteroatoms. The number of hydrogen-bond acceptors (Lipinski definition) is 1. The van der Waals surface area contributed by atoms with Gasteiger partial charge in [-0.3, -0.25) is 4.99 Å². The Bertz CT molecular complexity index is 630. The highest BCUT2D eigenvalue weighted by Crippen LogP contribution is 2.31. The predicted molar refractivity (Wildman–Crippen MR) is 93.0 cm³/mol. The summed E-state index contributed by atoms with van der Waals surface area (Å²) in [7, 11) is 0. The van der Waals surface area contributed by atoms with Crippen molar-refractivity contribution in [3.05, 3.63) is 69.2 Å². The van der Waals surface area contributed by atoms with Crippen LogP contribution < -0.4 is 0 Å². The van der Waals surface area contributed by atoms with E-state index in [9.17, 15) is 0 Å². The zero-order valence-corrected chi connectivity index (χ0v) is 14.0. The second-order valence-corrected chi connectivity index (χ2v) is 6.20. The van der Waals surface area contributed by atoms with Crippen LogP contribution in [0.25, 0.3) is 0 Å². The van der Waals surface area contributed by atoms with Gasteiger partial charge in [0, 0.05) is 6.21 Å². The highest BCUT2D eigenvalue weighted by molar-refractivity contribution is 6.42. The van der Waals surface area contributed by atoms with Crippen molar-refractivity contribution in [1.82, 2.24) is 0 Å². The third kappa shape index (κ3) is 4.09. The van der Waals surface area contributed by atoms with Crippen LogP contribution in [0.1, 0.15) is 49.4 Å². The lowest BCUT2D eigenvalue weighted by Gasteiger charge is -2.10. The van der Waals surface area contributed by atoms with Crippen molar-refractivity contribution in [2.24, 2.45) is 4.99 Å². The lowest BCUT2D eigenvalue weighted by Crippen LogP contribution is -1.93. The first-order valence-corrected chi connectivity index (χ1v) is 7.81. The summed E-state index contributed by atoms with van der Waals surface area (Å²) in [4.78, 5) is 4.57. The fraction of sp³-hybridized carbons (Fsp3) is 0.278. The quantitative estimate of drug-likeness (QED) is 0.586. The van der Waals surface area contributed by atoms with Crippen LogP contribution in [0.3, 0.4) is 0 Å². The fourth-order valence-electron chi connectivity index (χ4n) is 2.09. The molecule has 1 nitrogen and oxygen atoms in total. The van der Waals surface area contributed by atoms with Gasteiger partial charge in [-0.2, -0.15) is 0 Å². The molecule has 0 amide bonds. The second kappa shape index (κ2) is 7.11. The maximum absolute atomic E-state index is 6.22. The number of benzene rings is 2. The Morgan fingerprint density at radius 1 is 0.952 bits per heavy atom. The van der Waals surface area contributed by atoms with E-state index in [1.807, 2.05) is 25.3 Å². The normalized spacial score (nSPS) is 13.0. The Labute approximate surface area is 136 Å². The van der Waals surface area contributed by atoms with Crippen molar-refractivity contribution in [3.8, 4) is 0 Å². The molecule has 0 radical (unpaired) electrons. The Morgan fingerprint density at radius 3 is 2.24 bits per heavy atom. The first-order chi connectivity index (χ1) is 9.99. The van der Waals surface area contributed by atoms with Gasteiger partial charge in [-0.05, 0) is 35.6 Å². The van der Waals surface area contributed by atoms with Crippen molar-refractivity contribution in [2.75, 3.05) is 0 Å². The van der Waals surface area contributed by atoms with Gasteiger partial charge in [-0.15, -0.1) is 0 Å². The number of nitrogens with zero attached hydrogens (tertiary/aromatic N) is 1. The van der Waals surface area contributed by atoms with Crippen LogP contribution in [0.4, 0.5) is 0 Å². The molecule has 0 N–H and O–H groups in total. The monoisotopic (exact) mass is 319 g/mol. The Balaban J connectivity index is 2.15. The van der Waals surface area contributed by atoms with Gasteiger partial charge in [0.05, 0.1) is 16.1 Å². The minimum Gasteiger partial charge on any atom is -0.285 e. The van der Waals surface area contributed by atoms with E-state index in [2.05, 4.69) is 43.1 Å². The molecule has 0 saturated heterocycles. The molecule has 1 unspecified atom stereocenters. The molecule has 21 heavy (non-hydrogen) atoms. The molecule has 0 fully saturated rings. The summed E-state index contributed by atoms with van der Waals surface area (Å²) in [5, 5.41) is 1.15. The maximum Gasteiger partial charge on any atom is 0.0736 e. The minimum atomic E-state index is -0.0269. The molecule has 0 aromatic heterocycles. The summed E-state index contributed by atoms with van der Waals surface area (Å²) in [5.74, 6) is 0.542. The number of rotatable bonds is 4. The predicted octanol–water partition coefficient (Wildman–Crippen LogP) is 6.30. The largest absolute Gasteiger partial charge is 0.285 e. The lowest BCUT2D eigenvalue weighted by atomic mass is 10.0. The molecule has 0 aliphatic rings. The third-order valence-corrected chi connectivity index (χ3v) is 4.32. The molecule has 2 aromatic rings. The van der Waals surface area contributed by atoms with E-state index in [1.54, 1.807) is 6.07 Å². The maximum atomic E-state index is 6.22. The van der Waals surface area contributed by atoms with E-state index in [-0.39, 0.29) is 6.04 Å². The average Bonchev–Trinajstić information content (AvgIpc) is 2.48. The molecule has 2 rings (SSSR count). The second-order valence-electron chi connectivity index (χ2n) is 5.42. The van der Waals surface area contributed by atoms with Gasteiger partial charge in [0.15, 0.2) is 0 Å². The zero-order chi connectivity index (χ0) is 15.4. The molecule has 0 aliphatic carbocycles. The molecule has 1 atom stereocenters. The average molecular weight is 320 g/mol. The van der Waals surface area contributed by atoms with Crippen LogP contribution in [-0.2, 0) is 0 Å². The summed E-state index contributed by atoms with van der Waals surface area (Å²) in [6.45, 7) is 6.38. The van der Waals surface area contributed by atoms with Gasteiger partial charge in [0.2, 0.25) is 0 Å². The van der Waals surface area contributed by atoms with Crippen molar-refractivity contribution >= 4 is 29.4 Å². The molecular formula is C18H19Cl2N. The lowest BCUT2D eigenvalue weighted by molar-refractivity contribution is 0.825. The van der Waals surface area contributed by atoms with Crippen molar-refractivity contribution in [1.29, 1.82) is 0 Å².